The van der Waals surface area contributed by atoms with Crippen molar-refractivity contribution in [1.82, 2.24) is 4.57 Å². The molecule has 0 radical (unpaired) electrons. The lowest BCUT2D eigenvalue weighted by atomic mass is 10.1. The van der Waals surface area contributed by atoms with Crippen LogP contribution in [0.2, 0.25) is 5.02 Å². The number of halogens is 1. The summed E-state index contributed by atoms with van der Waals surface area (Å²) in [6.07, 6.45) is 1.63. The van der Waals surface area contributed by atoms with Gasteiger partial charge in [0.2, 0.25) is 0 Å². The molecule has 0 saturated heterocycles. The van der Waals surface area contributed by atoms with Crippen LogP contribution in [-0.2, 0) is 4.79 Å². The predicted molar refractivity (Wildman–Crippen MR) is 131 cm³/mol. The van der Waals surface area contributed by atoms with Crippen LogP contribution in [0, 0.1) is 32.1 Å². The molecule has 1 heterocycles. The van der Waals surface area contributed by atoms with E-state index in [0.29, 0.717) is 10.7 Å². The van der Waals surface area contributed by atoms with E-state index in [1.807, 2.05) is 45.0 Å². The van der Waals surface area contributed by atoms with Crippen LogP contribution >= 0.6 is 11.6 Å². The number of nitriles is 1. The Morgan fingerprint density at radius 3 is 2.50 bits per heavy atom. The number of carbonyl (C=O) groups is 1. The Labute approximate surface area is 192 Å². The molecule has 4 aromatic rings. The Kier molecular flexibility index (Phi) is 5.85. The number of fused-ring (bicyclic) bond motifs is 1. The second-order valence-corrected chi connectivity index (χ2v) is 8.14. The van der Waals surface area contributed by atoms with Crippen molar-refractivity contribution in [3.63, 3.8) is 0 Å². The van der Waals surface area contributed by atoms with Crippen molar-refractivity contribution in [3.8, 4) is 11.8 Å². The lowest BCUT2D eigenvalue weighted by Gasteiger charge is -2.11. The molecule has 4 nitrogen and oxygen atoms in total. The van der Waals surface area contributed by atoms with Crippen molar-refractivity contribution in [2.24, 2.45) is 0 Å². The van der Waals surface area contributed by atoms with Crippen LogP contribution in [-0.4, -0.2) is 10.5 Å². The minimum absolute atomic E-state index is 0.0307. The highest BCUT2D eigenvalue weighted by molar-refractivity contribution is 6.31. The molecule has 1 aromatic heterocycles. The van der Waals surface area contributed by atoms with Crippen molar-refractivity contribution in [2.75, 3.05) is 5.32 Å². The normalized spacial score (nSPS) is 11.4. The highest BCUT2D eigenvalue weighted by atomic mass is 35.5. The summed E-state index contributed by atoms with van der Waals surface area (Å²) >= 11 is 6.14. The average molecular weight is 440 g/mol. The summed E-state index contributed by atoms with van der Waals surface area (Å²) in [6.45, 7) is 5.83. The first kappa shape index (κ1) is 21.4. The molecule has 158 valence electrons. The zero-order chi connectivity index (χ0) is 22.8. The number of anilines is 1. The van der Waals surface area contributed by atoms with Gasteiger partial charge in [-0.2, -0.15) is 5.26 Å². The smallest absolute Gasteiger partial charge is 0.266 e. The monoisotopic (exact) mass is 439 g/mol. The first-order valence-electron chi connectivity index (χ1n) is 10.3. The molecular formula is C27H22ClN3O. The van der Waals surface area contributed by atoms with Crippen LogP contribution in [0.1, 0.15) is 22.5 Å². The number of amides is 1. The number of aryl methyl sites for hydroxylation is 1. The molecule has 0 saturated carbocycles. The lowest BCUT2D eigenvalue weighted by Crippen LogP contribution is -2.14. The van der Waals surface area contributed by atoms with Crippen molar-refractivity contribution >= 4 is 40.0 Å². The van der Waals surface area contributed by atoms with Crippen LogP contribution in [0.3, 0.4) is 0 Å². The third kappa shape index (κ3) is 4.03. The molecule has 0 aliphatic rings. The molecule has 0 unspecified atom stereocenters. The van der Waals surface area contributed by atoms with Crippen LogP contribution in [0.5, 0.6) is 0 Å². The maximum absolute atomic E-state index is 12.8. The number of rotatable bonds is 4. The second-order valence-electron chi connectivity index (χ2n) is 7.73. The topological polar surface area (TPSA) is 57.8 Å². The van der Waals surface area contributed by atoms with Crippen molar-refractivity contribution < 1.29 is 4.79 Å². The summed E-state index contributed by atoms with van der Waals surface area (Å²) in [5, 5.41) is 15.3. The Morgan fingerprint density at radius 1 is 1.00 bits per heavy atom. The average Bonchev–Trinajstić information content (AvgIpc) is 3.07. The van der Waals surface area contributed by atoms with Crippen LogP contribution in [0.15, 0.2) is 72.3 Å². The van der Waals surface area contributed by atoms with E-state index in [2.05, 4.69) is 40.2 Å². The van der Waals surface area contributed by atoms with Gasteiger partial charge in [0.05, 0.1) is 0 Å². The van der Waals surface area contributed by atoms with Crippen LogP contribution in [0.25, 0.3) is 22.5 Å². The SMILES string of the molecule is Cc1c(Cl)cccc1NC(=O)/C(C#N)=C/c1cc(C)n(-c2ccc3ccccc3c2)c1C. The molecule has 5 heteroatoms. The first-order valence-corrected chi connectivity index (χ1v) is 10.6. The Hall–Kier alpha value is -3.81. The van der Waals surface area contributed by atoms with Crippen LogP contribution < -0.4 is 5.32 Å². The zero-order valence-electron chi connectivity index (χ0n) is 18.1. The highest BCUT2D eigenvalue weighted by Gasteiger charge is 2.15. The van der Waals surface area contributed by atoms with Gasteiger partial charge in [-0.1, -0.05) is 48.0 Å². The molecule has 4 rings (SSSR count). The number of aromatic nitrogens is 1. The Bertz CT molecular complexity index is 1420. The number of nitrogens with zero attached hydrogens (tertiary/aromatic N) is 2. The van der Waals surface area contributed by atoms with Gasteiger partial charge < -0.3 is 9.88 Å². The van der Waals surface area contributed by atoms with Gasteiger partial charge in [0.15, 0.2) is 0 Å². The van der Waals surface area contributed by atoms with Crippen molar-refractivity contribution in [1.29, 1.82) is 5.26 Å². The standard InChI is InChI=1S/C27H22ClN3O/c1-17-13-22(14-23(16-29)27(32)30-26-10-6-9-25(28)18(26)2)19(3)31(17)24-12-11-20-7-4-5-8-21(20)15-24/h4-15H,1-3H3,(H,30,32)/b23-14+. The summed E-state index contributed by atoms with van der Waals surface area (Å²) in [4.78, 5) is 12.8. The van der Waals surface area contributed by atoms with E-state index in [1.165, 1.54) is 5.39 Å². The van der Waals surface area contributed by atoms with Crippen LogP contribution in [0.4, 0.5) is 5.69 Å². The molecule has 3 aromatic carbocycles. The number of nitrogens with one attached hydrogen (secondary N) is 1. The fourth-order valence-corrected chi connectivity index (χ4v) is 4.06. The van der Waals surface area contributed by atoms with Gasteiger partial charge in [-0.15, -0.1) is 0 Å². The first-order chi connectivity index (χ1) is 15.4. The number of hydrogen-bond donors (Lipinski definition) is 1. The highest BCUT2D eigenvalue weighted by Crippen LogP contribution is 2.27. The van der Waals surface area contributed by atoms with Gasteiger partial charge in [0, 0.05) is 27.8 Å². The van der Waals surface area contributed by atoms with Gasteiger partial charge in [-0.3, -0.25) is 4.79 Å². The van der Waals surface area contributed by atoms with E-state index in [-0.39, 0.29) is 5.57 Å². The quantitative estimate of drug-likeness (QED) is 0.282. The third-order valence-corrected chi connectivity index (χ3v) is 6.05. The molecule has 1 N–H and O–H groups in total. The molecule has 0 aliphatic carbocycles. The van der Waals surface area contributed by atoms with Crippen molar-refractivity contribution in [3.05, 3.63) is 99.8 Å². The summed E-state index contributed by atoms with van der Waals surface area (Å²) in [5.41, 5.74) is 5.22. The molecular weight excluding hydrogens is 418 g/mol. The molecule has 0 fully saturated rings. The minimum Gasteiger partial charge on any atom is -0.321 e. The third-order valence-electron chi connectivity index (χ3n) is 5.64. The second kappa shape index (κ2) is 8.74. The Morgan fingerprint density at radius 2 is 1.75 bits per heavy atom. The number of hydrogen-bond acceptors (Lipinski definition) is 2. The van der Waals surface area contributed by atoms with Gasteiger partial charge >= 0.3 is 0 Å². The van der Waals surface area contributed by atoms with Gasteiger partial charge in [0.1, 0.15) is 11.6 Å². The van der Waals surface area contributed by atoms with E-state index < -0.39 is 5.91 Å². The molecule has 32 heavy (non-hydrogen) atoms. The van der Waals surface area contributed by atoms with Gasteiger partial charge in [-0.25, -0.2) is 0 Å². The van der Waals surface area contributed by atoms with E-state index in [9.17, 15) is 10.1 Å². The maximum atomic E-state index is 12.8. The number of carbonyl (C=O) groups excluding carboxylic acids is 1. The fraction of sp³-hybridized carbons (Fsp3) is 0.111. The predicted octanol–water partition coefficient (Wildman–Crippen LogP) is 6.75. The molecule has 1 amide bonds. The summed E-state index contributed by atoms with van der Waals surface area (Å²) in [5.74, 6) is -0.464. The Balaban J connectivity index is 1.69. The zero-order valence-corrected chi connectivity index (χ0v) is 18.9. The molecule has 0 atom stereocenters. The van der Waals surface area contributed by atoms with E-state index in [0.717, 1.165) is 33.6 Å². The van der Waals surface area contributed by atoms with E-state index in [1.54, 1.807) is 24.3 Å². The molecule has 0 aliphatic heterocycles. The maximum Gasteiger partial charge on any atom is 0.266 e. The van der Waals surface area contributed by atoms with Gasteiger partial charge in [-0.05, 0) is 79.1 Å². The summed E-state index contributed by atoms with van der Waals surface area (Å²) in [7, 11) is 0. The van der Waals surface area contributed by atoms with E-state index >= 15 is 0 Å². The van der Waals surface area contributed by atoms with E-state index in [4.69, 9.17) is 11.6 Å². The fourth-order valence-electron chi connectivity index (χ4n) is 3.88. The largest absolute Gasteiger partial charge is 0.321 e. The lowest BCUT2D eigenvalue weighted by molar-refractivity contribution is -0.112. The number of benzene rings is 3. The minimum atomic E-state index is -0.464. The molecule has 0 bridgehead atoms. The summed E-state index contributed by atoms with van der Waals surface area (Å²) in [6, 6.07) is 23.8. The molecule has 0 spiro atoms. The van der Waals surface area contributed by atoms with Gasteiger partial charge in [0.25, 0.3) is 5.91 Å². The summed E-state index contributed by atoms with van der Waals surface area (Å²) < 4.78 is 2.13. The van der Waals surface area contributed by atoms with Crippen molar-refractivity contribution in [2.45, 2.75) is 20.8 Å².